The largest absolute Gasteiger partial charge is 0.497 e. The van der Waals surface area contributed by atoms with E-state index in [2.05, 4.69) is 35.0 Å². The summed E-state index contributed by atoms with van der Waals surface area (Å²) in [4.78, 5) is 4.98. The fourth-order valence-electron chi connectivity index (χ4n) is 3.81. The molecule has 0 amide bonds. The highest BCUT2D eigenvalue weighted by Gasteiger charge is 2.32. The second-order valence-corrected chi connectivity index (χ2v) is 6.41. The fraction of sp³-hybridized carbons (Fsp3) is 0.647. The van der Waals surface area contributed by atoms with Crippen molar-refractivity contribution in [2.45, 2.75) is 25.3 Å². The molecule has 2 aliphatic rings. The van der Waals surface area contributed by atoms with E-state index in [-0.39, 0.29) is 0 Å². The van der Waals surface area contributed by atoms with Crippen molar-refractivity contribution in [1.29, 1.82) is 0 Å². The van der Waals surface area contributed by atoms with Crippen LogP contribution in [0.3, 0.4) is 0 Å². The lowest BCUT2D eigenvalue weighted by Crippen LogP contribution is -2.24. The molecule has 0 spiro atoms. The molecule has 2 unspecified atom stereocenters. The zero-order valence-electron chi connectivity index (χ0n) is 13.2. The van der Waals surface area contributed by atoms with Crippen LogP contribution in [0.2, 0.25) is 0 Å². The zero-order chi connectivity index (χ0) is 14.8. The number of anilines is 1. The molecule has 4 nitrogen and oxygen atoms in total. The number of hydrogen-bond acceptors (Lipinski definition) is 4. The van der Waals surface area contributed by atoms with Crippen LogP contribution in [0.15, 0.2) is 18.2 Å². The van der Waals surface area contributed by atoms with Gasteiger partial charge < -0.3 is 15.4 Å². The highest BCUT2D eigenvalue weighted by atomic mass is 16.5. The number of ether oxygens (including phenoxy) is 1. The van der Waals surface area contributed by atoms with Crippen LogP contribution >= 0.6 is 0 Å². The Hall–Kier alpha value is -1.26. The molecule has 4 heteroatoms. The van der Waals surface area contributed by atoms with Gasteiger partial charge in [-0.25, -0.2) is 0 Å². The second-order valence-electron chi connectivity index (χ2n) is 6.41. The van der Waals surface area contributed by atoms with E-state index in [1.807, 2.05) is 0 Å². The maximum absolute atomic E-state index is 5.89. The van der Waals surface area contributed by atoms with Crippen LogP contribution in [0.25, 0.3) is 0 Å². The molecule has 0 radical (unpaired) electrons. The van der Waals surface area contributed by atoms with E-state index in [0.29, 0.717) is 12.0 Å². The highest BCUT2D eigenvalue weighted by Crippen LogP contribution is 2.40. The number of nitrogens with two attached hydrogens (primary N) is 1. The average molecular weight is 289 g/mol. The van der Waals surface area contributed by atoms with Gasteiger partial charge in [0.05, 0.1) is 7.11 Å². The molecular weight excluding hydrogens is 262 g/mol. The van der Waals surface area contributed by atoms with Gasteiger partial charge in [-0.15, -0.1) is 0 Å². The summed E-state index contributed by atoms with van der Waals surface area (Å²) in [6.45, 7) is 4.23. The molecule has 2 aliphatic heterocycles. The van der Waals surface area contributed by atoms with Crippen molar-refractivity contribution < 1.29 is 4.74 Å². The van der Waals surface area contributed by atoms with Gasteiger partial charge in [0.2, 0.25) is 0 Å². The number of rotatable bonds is 4. The van der Waals surface area contributed by atoms with Crippen molar-refractivity contribution >= 4 is 5.69 Å². The van der Waals surface area contributed by atoms with Crippen LogP contribution in [0, 0.1) is 5.92 Å². The van der Waals surface area contributed by atoms with E-state index in [4.69, 9.17) is 10.5 Å². The number of nitrogens with zero attached hydrogens (tertiary/aromatic N) is 2. The Kier molecular flexibility index (Phi) is 4.36. The van der Waals surface area contributed by atoms with Crippen molar-refractivity contribution in [3.8, 4) is 5.75 Å². The van der Waals surface area contributed by atoms with Gasteiger partial charge in [-0.3, -0.25) is 4.90 Å². The predicted octanol–water partition coefficient (Wildman–Crippen LogP) is 2.25. The van der Waals surface area contributed by atoms with Crippen molar-refractivity contribution in [3.05, 3.63) is 23.8 Å². The van der Waals surface area contributed by atoms with Gasteiger partial charge >= 0.3 is 0 Å². The molecule has 2 heterocycles. The number of benzene rings is 1. The Balaban J connectivity index is 1.94. The lowest BCUT2D eigenvalue weighted by Gasteiger charge is -2.28. The molecule has 2 fully saturated rings. The van der Waals surface area contributed by atoms with E-state index >= 15 is 0 Å². The normalized spacial score (nSPS) is 26.5. The van der Waals surface area contributed by atoms with E-state index in [0.717, 1.165) is 25.3 Å². The summed E-state index contributed by atoms with van der Waals surface area (Å²) in [6, 6.07) is 7.02. The van der Waals surface area contributed by atoms with E-state index in [1.165, 1.54) is 37.2 Å². The Bertz CT molecular complexity index is 485. The molecule has 0 saturated carbocycles. The quantitative estimate of drug-likeness (QED) is 0.923. The van der Waals surface area contributed by atoms with Crippen LogP contribution in [-0.4, -0.2) is 45.2 Å². The van der Waals surface area contributed by atoms with Crippen LogP contribution in [-0.2, 0) is 0 Å². The minimum atomic E-state index is 0.462. The van der Waals surface area contributed by atoms with E-state index in [9.17, 15) is 0 Å². The van der Waals surface area contributed by atoms with Gasteiger partial charge in [0.15, 0.2) is 0 Å². The first-order chi connectivity index (χ1) is 10.2. The standard InChI is InChI=1S/C17H27N3O/c1-19-12-13(11-18)9-17(19)15-10-14(21-2)5-6-16(15)20-7-3-4-8-20/h5-6,10,13,17H,3-4,7-9,11-12,18H2,1-2H3. The summed E-state index contributed by atoms with van der Waals surface area (Å²) in [7, 11) is 3.96. The Labute approximate surface area is 127 Å². The summed E-state index contributed by atoms with van der Waals surface area (Å²) >= 11 is 0. The first-order valence-corrected chi connectivity index (χ1v) is 8.06. The predicted molar refractivity (Wildman–Crippen MR) is 87.0 cm³/mol. The smallest absolute Gasteiger partial charge is 0.119 e. The SMILES string of the molecule is COc1ccc(N2CCCC2)c(C2CC(CN)CN2C)c1. The second kappa shape index (κ2) is 6.24. The summed E-state index contributed by atoms with van der Waals surface area (Å²) in [6.07, 6.45) is 3.76. The summed E-state index contributed by atoms with van der Waals surface area (Å²) in [5.74, 6) is 1.56. The zero-order valence-corrected chi connectivity index (χ0v) is 13.2. The van der Waals surface area contributed by atoms with Crippen molar-refractivity contribution in [1.82, 2.24) is 4.90 Å². The van der Waals surface area contributed by atoms with Crippen molar-refractivity contribution in [2.24, 2.45) is 11.7 Å². The fourth-order valence-corrected chi connectivity index (χ4v) is 3.81. The molecule has 3 rings (SSSR count). The molecule has 0 bridgehead atoms. The Morgan fingerprint density at radius 1 is 1.29 bits per heavy atom. The van der Waals surface area contributed by atoms with Crippen LogP contribution < -0.4 is 15.4 Å². The molecule has 21 heavy (non-hydrogen) atoms. The Morgan fingerprint density at radius 3 is 2.67 bits per heavy atom. The first-order valence-electron chi connectivity index (χ1n) is 8.06. The van der Waals surface area contributed by atoms with Gasteiger partial charge in [-0.1, -0.05) is 0 Å². The lowest BCUT2D eigenvalue weighted by molar-refractivity contribution is 0.313. The maximum Gasteiger partial charge on any atom is 0.119 e. The van der Waals surface area contributed by atoms with Crippen LogP contribution in [0.1, 0.15) is 30.9 Å². The molecule has 1 aromatic carbocycles. The van der Waals surface area contributed by atoms with Crippen molar-refractivity contribution in [2.75, 3.05) is 45.2 Å². The minimum Gasteiger partial charge on any atom is -0.497 e. The molecule has 0 aliphatic carbocycles. The third-order valence-electron chi connectivity index (χ3n) is 5.01. The summed E-state index contributed by atoms with van der Waals surface area (Å²) in [5.41, 5.74) is 8.69. The lowest BCUT2D eigenvalue weighted by atomic mass is 9.97. The van der Waals surface area contributed by atoms with Crippen LogP contribution in [0.5, 0.6) is 5.75 Å². The number of hydrogen-bond donors (Lipinski definition) is 1. The molecule has 116 valence electrons. The summed E-state index contributed by atoms with van der Waals surface area (Å²) in [5, 5.41) is 0. The third kappa shape index (κ3) is 2.87. The van der Waals surface area contributed by atoms with Gasteiger partial charge in [-0.05, 0) is 62.5 Å². The highest BCUT2D eigenvalue weighted by molar-refractivity contribution is 5.58. The van der Waals surface area contributed by atoms with Crippen LogP contribution in [0.4, 0.5) is 5.69 Å². The minimum absolute atomic E-state index is 0.462. The van der Waals surface area contributed by atoms with E-state index in [1.54, 1.807) is 7.11 Å². The van der Waals surface area contributed by atoms with E-state index < -0.39 is 0 Å². The monoisotopic (exact) mass is 289 g/mol. The molecule has 1 aromatic rings. The first kappa shape index (κ1) is 14.7. The maximum atomic E-state index is 5.89. The summed E-state index contributed by atoms with van der Waals surface area (Å²) < 4.78 is 5.46. The topological polar surface area (TPSA) is 41.7 Å². The number of likely N-dealkylation sites (tertiary alicyclic amines) is 1. The van der Waals surface area contributed by atoms with Gasteiger partial charge in [-0.2, -0.15) is 0 Å². The van der Waals surface area contributed by atoms with Gasteiger partial charge in [0.1, 0.15) is 5.75 Å². The molecule has 2 atom stereocenters. The molecule has 2 saturated heterocycles. The molecule has 2 N–H and O–H groups in total. The van der Waals surface area contributed by atoms with Crippen molar-refractivity contribution in [3.63, 3.8) is 0 Å². The number of methoxy groups -OCH3 is 1. The van der Waals surface area contributed by atoms with Gasteiger partial charge in [0.25, 0.3) is 0 Å². The molecule has 0 aromatic heterocycles. The molecular formula is C17H27N3O. The van der Waals surface area contributed by atoms with Gasteiger partial charge in [0, 0.05) is 31.4 Å². The average Bonchev–Trinajstić information content (AvgIpc) is 3.16. The third-order valence-corrected chi connectivity index (χ3v) is 5.01. The Morgan fingerprint density at radius 2 is 2.05 bits per heavy atom.